The van der Waals surface area contributed by atoms with Gasteiger partial charge in [-0.05, 0) is 92.8 Å². The van der Waals surface area contributed by atoms with Gasteiger partial charge in [0.05, 0.1) is 6.04 Å². The van der Waals surface area contributed by atoms with Crippen LogP contribution in [0.4, 0.5) is 0 Å². The SMILES string of the molecule is CC(=O)OC1CCC2(C)C(=CCC3C4CCC(C(C)C5C(OC(C)=O)CC(C)CN5C(C)=O)C(C)=C4CC32)C1. The maximum absolute atomic E-state index is 12.8. The van der Waals surface area contributed by atoms with E-state index in [4.69, 9.17) is 9.47 Å². The number of ether oxygens (including phenoxy) is 2. The fourth-order valence-corrected chi connectivity index (χ4v) is 9.77. The fraction of sp³-hybridized carbons (Fsp3) is 0.788. The summed E-state index contributed by atoms with van der Waals surface area (Å²) in [5.41, 5.74) is 4.92. The van der Waals surface area contributed by atoms with Crippen LogP contribution in [0.2, 0.25) is 0 Å². The third kappa shape index (κ3) is 5.10. The van der Waals surface area contributed by atoms with Crippen LogP contribution in [0, 0.1) is 40.9 Å². The van der Waals surface area contributed by atoms with E-state index in [1.54, 1.807) is 12.5 Å². The number of amides is 1. The molecule has 0 N–H and O–H groups in total. The van der Waals surface area contributed by atoms with Gasteiger partial charge in [0.1, 0.15) is 12.2 Å². The molecule has 0 aromatic heterocycles. The molecule has 0 spiro atoms. The van der Waals surface area contributed by atoms with Crippen molar-refractivity contribution in [2.45, 2.75) is 118 Å². The van der Waals surface area contributed by atoms with Crippen LogP contribution in [0.25, 0.3) is 0 Å². The highest BCUT2D eigenvalue weighted by molar-refractivity contribution is 5.74. The molecule has 0 bridgehead atoms. The molecule has 4 aliphatic carbocycles. The van der Waals surface area contributed by atoms with Crippen molar-refractivity contribution < 1.29 is 23.9 Å². The van der Waals surface area contributed by atoms with Crippen LogP contribution in [0.15, 0.2) is 22.8 Å². The van der Waals surface area contributed by atoms with Crippen LogP contribution < -0.4 is 0 Å². The van der Waals surface area contributed by atoms with Crippen LogP contribution in [0.1, 0.15) is 99.8 Å². The lowest BCUT2D eigenvalue weighted by Crippen LogP contribution is -2.58. The first-order valence-corrected chi connectivity index (χ1v) is 15.4. The van der Waals surface area contributed by atoms with Crippen molar-refractivity contribution in [2.24, 2.45) is 40.9 Å². The van der Waals surface area contributed by atoms with Gasteiger partial charge in [-0.1, -0.05) is 43.6 Å². The summed E-state index contributed by atoms with van der Waals surface area (Å²) in [5.74, 6) is 2.59. The van der Waals surface area contributed by atoms with Crippen molar-refractivity contribution in [3.63, 3.8) is 0 Å². The van der Waals surface area contributed by atoms with Crippen molar-refractivity contribution >= 4 is 17.8 Å². The van der Waals surface area contributed by atoms with Crippen LogP contribution in [-0.2, 0) is 23.9 Å². The Morgan fingerprint density at radius 1 is 1.05 bits per heavy atom. The fourth-order valence-electron chi connectivity index (χ4n) is 9.77. The Hall–Kier alpha value is -2.11. The summed E-state index contributed by atoms with van der Waals surface area (Å²) in [6.45, 7) is 14.7. The van der Waals surface area contributed by atoms with Gasteiger partial charge < -0.3 is 14.4 Å². The number of nitrogens with zero attached hydrogens (tertiary/aromatic N) is 1. The lowest BCUT2D eigenvalue weighted by Gasteiger charge is -2.49. The van der Waals surface area contributed by atoms with E-state index < -0.39 is 0 Å². The van der Waals surface area contributed by atoms with Gasteiger partial charge in [-0.2, -0.15) is 0 Å². The number of esters is 2. The third-order valence-corrected chi connectivity index (χ3v) is 11.5. The van der Waals surface area contributed by atoms with Gasteiger partial charge in [-0.15, -0.1) is 0 Å². The standard InChI is InChI=1S/C33H49NO5/c1-18-14-31(39-23(6)37)32(34(17-18)21(4)35)20(3)26-10-11-27-28-9-8-24-15-25(38-22(5)36)12-13-33(24,7)30(28)16-29(27)19(26)2/h8,18,20,25-28,30-32H,9-17H2,1-7H3. The van der Waals surface area contributed by atoms with Crippen molar-refractivity contribution in [3.05, 3.63) is 22.8 Å². The number of carbonyl (C=O) groups is 3. The molecule has 1 saturated heterocycles. The van der Waals surface area contributed by atoms with Gasteiger partial charge in [-0.3, -0.25) is 14.4 Å². The number of hydrogen-bond acceptors (Lipinski definition) is 5. The van der Waals surface area contributed by atoms with Crippen LogP contribution in [0.5, 0.6) is 0 Å². The molecular formula is C33H49NO5. The Balaban J connectivity index is 1.39. The molecule has 6 nitrogen and oxygen atoms in total. The van der Waals surface area contributed by atoms with E-state index in [-0.39, 0.29) is 47.4 Å². The highest BCUT2D eigenvalue weighted by atomic mass is 16.5. The summed E-state index contributed by atoms with van der Waals surface area (Å²) < 4.78 is 11.5. The average molecular weight is 540 g/mol. The average Bonchev–Trinajstić information content (AvgIpc) is 3.24. The molecular weight excluding hydrogens is 490 g/mol. The zero-order valence-electron chi connectivity index (χ0n) is 25.1. The molecule has 0 aromatic carbocycles. The molecule has 1 amide bonds. The predicted molar refractivity (Wildman–Crippen MR) is 150 cm³/mol. The highest BCUT2D eigenvalue weighted by Crippen LogP contribution is 2.63. The maximum Gasteiger partial charge on any atom is 0.302 e. The molecule has 5 aliphatic rings. The number of likely N-dealkylation sites (tertiary alicyclic amines) is 1. The minimum Gasteiger partial charge on any atom is -0.462 e. The van der Waals surface area contributed by atoms with Gasteiger partial charge in [-0.25, -0.2) is 0 Å². The Morgan fingerprint density at radius 2 is 1.77 bits per heavy atom. The molecule has 3 fully saturated rings. The zero-order chi connectivity index (χ0) is 28.2. The molecule has 10 atom stereocenters. The topological polar surface area (TPSA) is 72.9 Å². The molecule has 216 valence electrons. The number of piperidine rings is 1. The van der Waals surface area contributed by atoms with Crippen molar-refractivity contribution in [2.75, 3.05) is 6.54 Å². The number of hydrogen-bond donors (Lipinski definition) is 0. The summed E-state index contributed by atoms with van der Waals surface area (Å²) in [4.78, 5) is 38.4. The van der Waals surface area contributed by atoms with Gasteiger partial charge >= 0.3 is 11.9 Å². The molecule has 10 unspecified atom stereocenters. The van der Waals surface area contributed by atoms with Gasteiger partial charge in [0.25, 0.3) is 0 Å². The second-order valence-electron chi connectivity index (χ2n) is 13.8. The number of carbonyl (C=O) groups excluding carboxylic acids is 3. The van der Waals surface area contributed by atoms with E-state index in [1.165, 1.54) is 37.8 Å². The summed E-state index contributed by atoms with van der Waals surface area (Å²) in [6, 6.07) is -0.0780. The number of allylic oxidation sites excluding steroid dienone is 3. The first-order valence-electron chi connectivity index (χ1n) is 15.4. The predicted octanol–water partition coefficient (Wildman–Crippen LogP) is 6.24. The minimum atomic E-state index is -0.256. The van der Waals surface area contributed by atoms with E-state index in [0.29, 0.717) is 29.6 Å². The second kappa shape index (κ2) is 10.7. The first-order chi connectivity index (χ1) is 18.4. The summed E-state index contributed by atoms with van der Waals surface area (Å²) in [6.07, 6.45) is 10.7. The van der Waals surface area contributed by atoms with Crippen LogP contribution in [0.3, 0.4) is 0 Å². The molecule has 5 rings (SSSR count). The monoisotopic (exact) mass is 539 g/mol. The van der Waals surface area contributed by atoms with E-state index in [1.807, 2.05) is 4.90 Å². The van der Waals surface area contributed by atoms with E-state index >= 15 is 0 Å². The van der Waals surface area contributed by atoms with Gasteiger partial charge in [0.2, 0.25) is 5.91 Å². The summed E-state index contributed by atoms with van der Waals surface area (Å²) >= 11 is 0. The number of fused-ring (bicyclic) bond motifs is 5. The first kappa shape index (κ1) is 28.4. The third-order valence-electron chi connectivity index (χ3n) is 11.5. The zero-order valence-corrected chi connectivity index (χ0v) is 25.1. The smallest absolute Gasteiger partial charge is 0.302 e. The van der Waals surface area contributed by atoms with Gasteiger partial charge in [0.15, 0.2) is 0 Å². The number of rotatable bonds is 4. The maximum atomic E-state index is 12.8. The van der Waals surface area contributed by atoms with Crippen LogP contribution >= 0.6 is 0 Å². The molecule has 2 saturated carbocycles. The Bertz CT molecular complexity index is 1080. The lowest BCUT2D eigenvalue weighted by molar-refractivity contribution is -0.162. The van der Waals surface area contributed by atoms with Gasteiger partial charge in [0, 0.05) is 33.7 Å². The molecule has 39 heavy (non-hydrogen) atoms. The summed E-state index contributed by atoms with van der Waals surface area (Å²) in [7, 11) is 0. The Morgan fingerprint density at radius 3 is 2.44 bits per heavy atom. The normalized spacial score (nSPS) is 40.6. The molecule has 1 aliphatic heterocycles. The van der Waals surface area contributed by atoms with Crippen LogP contribution in [-0.4, -0.2) is 47.5 Å². The van der Waals surface area contributed by atoms with Crippen molar-refractivity contribution in [1.82, 2.24) is 4.90 Å². The quantitative estimate of drug-likeness (QED) is 0.312. The highest BCUT2D eigenvalue weighted by Gasteiger charge is 2.55. The largest absolute Gasteiger partial charge is 0.462 e. The Kier molecular flexibility index (Phi) is 7.80. The molecule has 1 heterocycles. The summed E-state index contributed by atoms with van der Waals surface area (Å²) in [5, 5.41) is 0. The lowest BCUT2D eigenvalue weighted by atomic mass is 9.56. The van der Waals surface area contributed by atoms with E-state index in [0.717, 1.165) is 45.1 Å². The van der Waals surface area contributed by atoms with Crippen molar-refractivity contribution in [3.8, 4) is 0 Å². The van der Waals surface area contributed by atoms with E-state index in [2.05, 4.69) is 33.8 Å². The van der Waals surface area contributed by atoms with Crippen molar-refractivity contribution in [1.29, 1.82) is 0 Å². The molecule has 6 heteroatoms. The van der Waals surface area contributed by atoms with E-state index in [9.17, 15) is 14.4 Å². The molecule has 0 aromatic rings. The molecule has 0 radical (unpaired) electrons. The Labute approximate surface area is 234 Å². The second-order valence-corrected chi connectivity index (χ2v) is 13.8. The minimum absolute atomic E-state index is 0.0286.